The van der Waals surface area contributed by atoms with Gasteiger partial charge in [0.1, 0.15) is 5.75 Å². The summed E-state index contributed by atoms with van der Waals surface area (Å²) in [4.78, 5) is 12.4. The number of amides is 1. The fourth-order valence-electron chi connectivity index (χ4n) is 3.47. The number of nitrogens with one attached hydrogen (secondary N) is 1. The minimum Gasteiger partial charge on any atom is -0.468 e. The first-order chi connectivity index (χ1) is 13.4. The number of fused-ring (bicyclic) bond motifs is 1. The maximum atomic E-state index is 12.4. The summed E-state index contributed by atoms with van der Waals surface area (Å²) >= 11 is 0. The van der Waals surface area contributed by atoms with Gasteiger partial charge in [-0.25, -0.2) is 0 Å². The van der Waals surface area contributed by atoms with Crippen molar-refractivity contribution in [2.24, 2.45) is 0 Å². The Balaban J connectivity index is 1.64. The van der Waals surface area contributed by atoms with Gasteiger partial charge in [-0.05, 0) is 47.4 Å². The first-order valence-corrected chi connectivity index (χ1v) is 13.8. The summed E-state index contributed by atoms with van der Waals surface area (Å²) in [5.41, 5.74) is 4.24. The van der Waals surface area contributed by atoms with E-state index in [2.05, 4.69) is 37.9 Å². The fourth-order valence-corrected chi connectivity index (χ4v) is 4.23. The van der Waals surface area contributed by atoms with E-state index in [1.807, 2.05) is 36.4 Å². The number of rotatable bonds is 9. The van der Waals surface area contributed by atoms with Gasteiger partial charge in [-0.15, -0.1) is 0 Å². The summed E-state index contributed by atoms with van der Waals surface area (Å²) in [6.45, 7) is 10.2. The van der Waals surface area contributed by atoms with E-state index in [9.17, 15) is 4.79 Å². The molecule has 0 aromatic heterocycles. The van der Waals surface area contributed by atoms with Crippen LogP contribution in [0.1, 0.15) is 46.4 Å². The highest BCUT2D eigenvalue weighted by Crippen LogP contribution is 2.34. The Morgan fingerprint density at radius 1 is 1.07 bits per heavy atom. The number of aryl methyl sites for hydroxylation is 1. The molecule has 1 N–H and O–H groups in total. The average molecular weight is 398 g/mol. The highest BCUT2D eigenvalue weighted by atomic mass is 28.3. The Morgan fingerprint density at radius 2 is 1.82 bits per heavy atom. The third kappa shape index (κ3) is 5.03. The molecule has 0 saturated heterocycles. The Morgan fingerprint density at radius 3 is 2.50 bits per heavy atom. The van der Waals surface area contributed by atoms with Crippen molar-refractivity contribution in [1.82, 2.24) is 5.32 Å². The zero-order valence-electron chi connectivity index (χ0n) is 17.4. The Bertz CT molecular complexity index is 812. The first kappa shape index (κ1) is 20.6. The van der Waals surface area contributed by atoms with Crippen molar-refractivity contribution < 1.29 is 14.3 Å². The van der Waals surface area contributed by atoms with Crippen molar-refractivity contribution in [2.45, 2.75) is 51.5 Å². The molecule has 1 unspecified atom stereocenters. The highest BCUT2D eigenvalue weighted by molar-refractivity contribution is 6.76. The van der Waals surface area contributed by atoms with Crippen LogP contribution in [0.15, 0.2) is 42.5 Å². The van der Waals surface area contributed by atoms with Crippen LogP contribution in [0, 0.1) is 0 Å². The molecule has 0 saturated carbocycles. The van der Waals surface area contributed by atoms with E-state index in [-0.39, 0.29) is 18.7 Å². The molecular formula is C23H31NO3Si. The summed E-state index contributed by atoms with van der Waals surface area (Å²) in [5.74, 6) is 0.789. The van der Waals surface area contributed by atoms with Gasteiger partial charge in [-0.2, -0.15) is 0 Å². The van der Waals surface area contributed by atoms with Crippen molar-refractivity contribution in [3.05, 3.63) is 64.7 Å². The van der Waals surface area contributed by atoms with E-state index in [0.717, 1.165) is 47.9 Å². The van der Waals surface area contributed by atoms with Crippen LogP contribution in [-0.4, -0.2) is 27.4 Å². The summed E-state index contributed by atoms with van der Waals surface area (Å²) in [5, 5.41) is 3.13. The number of benzene rings is 2. The lowest BCUT2D eigenvalue weighted by Crippen LogP contribution is -2.22. The van der Waals surface area contributed by atoms with Gasteiger partial charge in [0.25, 0.3) is 5.91 Å². The Hall–Kier alpha value is -2.11. The van der Waals surface area contributed by atoms with Gasteiger partial charge < -0.3 is 14.8 Å². The summed E-state index contributed by atoms with van der Waals surface area (Å²) in [6, 6.07) is 15.0. The standard InChI is InChI=1S/C23H31NO3Si/c1-5-7-17-8-6-9-20-21(17)22(24-23(20)25)18-10-12-19(13-11-18)27-16-26-14-15-28(2,3)4/h6,8-13,22H,5,7,14-16H2,1-4H3,(H,24,25). The second-order valence-corrected chi connectivity index (χ2v) is 14.2. The molecule has 3 rings (SSSR count). The molecule has 0 bridgehead atoms. The van der Waals surface area contributed by atoms with Crippen LogP contribution in [0.2, 0.25) is 25.7 Å². The molecule has 0 aliphatic carbocycles. The van der Waals surface area contributed by atoms with Gasteiger partial charge in [0.15, 0.2) is 6.79 Å². The lowest BCUT2D eigenvalue weighted by atomic mass is 9.92. The SMILES string of the molecule is CCCc1cccc2c1C(c1ccc(OCOCC[Si](C)(C)C)cc1)NC2=O. The summed E-state index contributed by atoms with van der Waals surface area (Å²) in [6.07, 6.45) is 2.03. The quantitative estimate of drug-likeness (QED) is 0.361. The maximum absolute atomic E-state index is 12.4. The van der Waals surface area contributed by atoms with Crippen LogP contribution in [-0.2, 0) is 11.2 Å². The van der Waals surface area contributed by atoms with Gasteiger partial charge in [0.2, 0.25) is 0 Å². The molecule has 0 spiro atoms. The molecule has 1 amide bonds. The second kappa shape index (κ2) is 8.93. The Labute approximate surface area is 169 Å². The van der Waals surface area contributed by atoms with Gasteiger partial charge in [-0.1, -0.05) is 57.3 Å². The molecule has 2 aromatic rings. The smallest absolute Gasteiger partial charge is 0.252 e. The number of hydrogen-bond acceptors (Lipinski definition) is 3. The van der Waals surface area contributed by atoms with Crippen molar-refractivity contribution in [2.75, 3.05) is 13.4 Å². The molecule has 0 fully saturated rings. The fraction of sp³-hybridized carbons (Fsp3) is 0.435. The van der Waals surface area contributed by atoms with Crippen molar-refractivity contribution in [3.8, 4) is 5.75 Å². The monoisotopic (exact) mass is 397 g/mol. The number of carbonyl (C=O) groups excluding carboxylic acids is 1. The van der Waals surface area contributed by atoms with Gasteiger partial charge in [-0.3, -0.25) is 4.79 Å². The Kier molecular flexibility index (Phi) is 6.57. The molecule has 0 radical (unpaired) electrons. The van der Waals surface area contributed by atoms with Crippen LogP contribution >= 0.6 is 0 Å². The van der Waals surface area contributed by atoms with Gasteiger partial charge in [0.05, 0.1) is 6.04 Å². The largest absolute Gasteiger partial charge is 0.468 e. The van der Waals surface area contributed by atoms with E-state index in [0.29, 0.717) is 0 Å². The molecule has 28 heavy (non-hydrogen) atoms. The normalized spacial score (nSPS) is 16.0. The number of carbonyl (C=O) groups is 1. The van der Waals surface area contributed by atoms with Crippen molar-refractivity contribution in [3.63, 3.8) is 0 Å². The minimum atomic E-state index is -1.07. The van der Waals surface area contributed by atoms with E-state index in [4.69, 9.17) is 9.47 Å². The zero-order valence-corrected chi connectivity index (χ0v) is 18.4. The van der Waals surface area contributed by atoms with Crippen molar-refractivity contribution in [1.29, 1.82) is 0 Å². The number of hydrogen-bond donors (Lipinski definition) is 1. The maximum Gasteiger partial charge on any atom is 0.252 e. The lowest BCUT2D eigenvalue weighted by molar-refractivity contribution is 0.0220. The van der Waals surface area contributed by atoms with Crippen LogP contribution in [0.5, 0.6) is 5.75 Å². The van der Waals surface area contributed by atoms with E-state index < -0.39 is 8.07 Å². The van der Waals surface area contributed by atoms with Gasteiger partial charge >= 0.3 is 0 Å². The summed E-state index contributed by atoms with van der Waals surface area (Å²) in [7, 11) is -1.07. The van der Waals surface area contributed by atoms with Crippen molar-refractivity contribution >= 4 is 14.0 Å². The third-order valence-electron chi connectivity index (χ3n) is 5.04. The first-order valence-electron chi connectivity index (χ1n) is 10.1. The molecular weight excluding hydrogens is 366 g/mol. The predicted octanol–water partition coefficient (Wildman–Crippen LogP) is 5.16. The zero-order chi connectivity index (χ0) is 20.1. The average Bonchev–Trinajstić information content (AvgIpc) is 2.99. The molecule has 4 nitrogen and oxygen atoms in total. The molecule has 1 atom stereocenters. The van der Waals surface area contributed by atoms with E-state index in [1.54, 1.807) is 0 Å². The molecule has 5 heteroatoms. The second-order valence-electron chi connectivity index (χ2n) is 8.58. The molecule has 1 aliphatic rings. The van der Waals surface area contributed by atoms with Crippen LogP contribution in [0.25, 0.3) is 0 Å². The molecule has 2 aromatic carbocycles. The molecule has 150 valence electrons. The van der Waals surface area contributed by atoms with E-state index >= 15 is 0 Å². The molecule has 1 heterocycles. The molecule has 1 aliphatic heterocycles. The number of ether oxygens (including phenoxy) is 2. The minimum absolute atomic E-state index is 0.00841. The summed E-state index contributed by atoms with van der Waals surface area (Å²) < 4.78 is 11.3. The van der Waals surface area contributed by atoms with Crippen LogP contribution in [0.3, 0.4) is 0 Å². The lowest BCUT2D eigenvalue weighted by Gasteiger charge is -2.17. The predicted molar refractivity (Wildman–Crippen MR) is 116 cm³/mol. The third-order valence-corrected chi connectivity index (χ3v) is 6.75. The van der Waals surface area contributed by atoms with Crippen LogP contribution in [0.4, 0.5) is 0 Å². The topological polar surface area (TPSA) is 47.6 Å². The van der Waals surface area contributed by atoms with Gasteiger partial charge in [0, 0.05) is 20.2 Å². The van der Waals surface area contributed by atoms with Crippen LogP contribution < -0.4 is 10.1 Å². The van der Waals surface area contributed by atoms with E-state index in [1.165, 1.54) is 5.56 Å². The highest BCUT2D eigenvalue weighted by Gasteiger charge is 2.31.